The van der Waals surface area contributed by atoms with Crippen LogP contribution >= 0.6 is 0 Å². The number of ketones is 1. The Morgan fingerprint density at radius 2 is 1.75 bits per heavy atom. The summed E-state index contributed by atoms with van der Waals surface area (Å²) in [6, 6.07) is 3.49. The first-order valence-electron chi connectivity index (χ1n) is 12.1. The monoisotopic (exact) mass is 448 g/mol. The van der Waals surface area contributed by atoms with E-state index in [0.29, 0.717) is 25.2 Å². The first-order chi connectivity index (χ1) is 15.5. The molecule has 1 N–H and O–H groups in total. The van der Waals surface area contributed by atoms with Gasteiger partial charge in [0.15, 0.2) is 5.78 Å². The average molecular weight is 449 g/mol. The number of nitrogens with one attached hydrogen (secondary N) is 1. The van der Waals surface area contributed by atoms with Gasteiger partial charge in [-0.15, -0.1) is 0 Å². The minimum atomic E-state index is -0.763. The van der Waals surface area contributed by atoms with Crippen molar-refractivity contribution in [1.29, 1.82) is 0 Å². The summed E-state index contributed by atoms with van der Waals surface area (Å²) in [6.45, 7) is 3.96. The third-order valence-corrected chi connectivity index (χ3v) is 7.50. The predicted octanol–water partition coefficient (Wildman–Crippen LogP) is 3.96. The van der Waals surface area contributed by atoms with E-state index >= 15 is 0 Å². The molecule has 1 unspecified atom stereocenters. The van der Waals surface area contributed by atoms with E-state index in [9.17, 15) is 18.4 Å². The number of piperidine rings is 1. The highest BCUT2D eigenvalue weighted by Gasteiger charge is 2.30. The van der Waals surface area contributed by atoms with Gasteiger partial charge in [0.25, 0.3) is 0 Å². The summed E-state index contributed by atoms with van der Waals surface area (Å²) in [4.78, 5) is 27.3. The van der Waals surface area contributed by atoms with Crippen LogP contribution in [0.4, 0.5) is 8.78 Å². The summed E-state index contributed by atoms with van der Waals surface area (Å²) >= 11 is 0. The number of benzene rings is 1. The quantitative estimate of drug-likeness (QED) is 0.642. The van der Waals surface area contributed by atoms with Gasteiger partial charge in [0, 0.05) is 24.6 Å². The Hall–Kier alpha value is -1.86. The molecule has 2 saturated heterocycles. The van der Waals surface area contributed by atoms with Crippen molar-refractivity contribution in [1.82, 2.24) is 10.2 Å². The van der Waals surface area contributed by atoms with E-state index in [1.807, 2.05) is 0 Å². The molecule has 3 fully saturated rings. The van der Waals surface area contributed by atoms with Crippen LogP contribution in [0.1, 0.15) is 61.7 Å². The number of carbonyl (C=O) groups is 2. The molecule has 0 bridgehead atoms. The van der Waals surface area contributed by atoms with Gasteiger partial charge in [-0.3, -0.25) is 9.59 Å². The van der Waals surface area contributed by atoms with E-state index in [1.54, 1.807) is 0 Å². The van der Waals surface area contributed by atoms with Crippen LogP contribution in [0.5, 0.6) is 0 Å². The second kappa shape index (κ2) is 10.8. The second-order valence-corrected chi connectivity index (χ2v) is 9.68. The lowest BCUT2D eigenvalue weighted by Crippen LogP contribution is -2.41. The Morgan fingerprint density at radius 3 is 2.41 bits per heavy atom. The SMILES string of the molecule is O=C(NC1CCC(CCN2CCC(C(=O)c3ccc(F)cc3F)CC2)CC1)C1CCOC1. The molecule has 1 aromatic carbocycles. The summed E-state index contributed by atoms with van der Waals surface area (Å²) in [6.07, 6.45) is 7.80. The maximum absolute atomic E-state index is 13.9. The topological polar surface area (TPSA) is 58.6 Å². The average Bonchev–Trinajstić information content (AvgIpc) is 3.34. The van der Waals surface area contributed by atoms with Crippen LogP contribution < -0.4 is 5.32 Å². The molecule has 1 aromatic rings. The summed E-state index contributed by atoms with van der Waals surface area (Å²) in [5.41, 5.74) is 0.00848. The smallest absolute Gasteiger partial charge is 0.225 e. The van der Waals surface area contributed by atoms with E-state index < -0.39 is 11.6 Å². The molecule has 0 radical (unpaired) electrons. The zero-order valence-corrected chi connectivity index (χ0v) is 18.7. The van der Waals surface area contributed by atoms with Crippen molar-refractivity contribution in [2.75, 3.05) is 32.8 Å². The van der Waals surface area contributed by atoms with Crippen LogP contribution in [0.25, 0.3) is 0 Å². The summed E-state index contributed by atoms with van der Waals surface area (Å²) in [7, 11) is 0. The molecular weight excluding hydrogens is 414 g/mol. The number of ether oxygens (including phenoxy) is 1. The number of hydrogen-bond acceptors (Lipinski definition) is 4. The molecule has 3 aliphatic rings. The highest BCUT2D eigenvalue weighted by molar-refractivity contribution is 5.98. The minimum absolute atomic E-state index is 0.00848. The largest absolute Gasteiger partial charge is 0.381 e. The van der Waals surface area contributed by atoms with E-state index in [-0.39, 0.29) is 29.1 Å². The molecule has 1 saturated carbocycles. The standard InChI is InChI=1S/C25H34F2N2O3/c26-20-3-6-22(23(27)15-20)24(30)18-8-12-29(13-9-18)11-7-17-1-4-21(5-2-17)28-25(31)19-10-14-32-16-19/h3,6,15,17-19,21H,1-2,4-5,7-14,16H2,(H,28,31). The van der Waals surface area contributed by atoms with Crippen LogP contribution in [0.2, 0.25) is 0 Å². The van der Waals surface area contributed by atoms with Gasteiger partial charge >= 0.3 is 0 Å². The van der Waals surface area contributed by atoms with Gasteiger partial charge in [-0.25, -0.2) is 8.78 Å². The van der Waals surface area contributed by atoms with Crippen LogP contribution in [-0.2, 0) is 9.53 Å². The normalized spacial score (nSPS) is 27.4. The number of halogens is 2. The minimum Gasteiger partial charge on any atom is -0.381 e. The fourth-order valence-corrected chi connectivity index (χ4v) is 5.35. The molecule has 5 nitrogen and oxygen atoms in total. The van der Waals surface area contributed by atoms with Crippen molar-refractivity contribution in [3.05, 3.63) is 35.4 Å². The molecule has 1 amide bonds. The Balaban J connectivity index is 1.13. The first-order valence-corrected chi connectivity index (χ1v) is 12.1. The maximum atomic E-state index is 13.9. The third-order valence-electron chi connectivity index (χ3n) is 7.50. The van der Waals surface area contributed by atoms with Crippen LogP contribution in [0.3, 0.4) is 0 Å². The molecule has 176 valence electrons. The number of amides is 1. The molecular formula is C25H34F2N2O3. The Bertz CT molecular complexity index is 796. The van der Waals surface area contributed by atoms with E-state index in [0.717, 1.165) is 83.1 Å². The number of hydrogen-bond donors (Lipinski definition) is 1. The van der Waals surface area contributed by atoms with Gasteiger partial charge < -0.3 is 15.0 Å². The van der Waals surface area contributed by atoms with Crippen LogP contribution in [-0.4, -0.2) is 55.5 Å². The van der Waals surface area contributed by atoms with Crippen LogP contribution in [0, 0.1) is 29.4 Å². The first kappa shape index (κ1) is 23.3. The molecule has 1 aliphatic carbocycles. The predicted molar refractivity (Wildman–Crippen MR) is 117 cm³/mol. The van der Waals surface area contributed by atoms with Crippen molar-refractivity contribution >= 4 is 11.7 Å². The number of carbonyl (C=O) groups excluding carboxylic acids is 2. The van der Waals surface area contributed by atoms with Gasteiger partial charge in [-0.2, -0.15) is 0 Å². The summed E-state index contributed by atoms with van der Waals surface area (Å²) in [5, 5.41) is 3.21. The van der Waals surface area contributed by atoms with E-state index in [4.69, 9.17) is 4.74 Å². The fourth-order valence-electron chi connectivity index (χ4n) is 5.35. The van der Waals surface area contributed by atoms with Gasteiger partial charge in [0.05, 0.1) is 18.1 Å². The molecule has 4 rings (SSSR count). The molecule has 1 atom stereocenters. The Labute approximate surface area is 188 Å². The molecule has 2 aliphatic heterocycles. The Morgan fingerprint density at radius 1 is 1.00 bits per heavy atom. The highest BCUT2D eigenvalue weighted by atomic mass is 19.1. The third kappa shape index (κ3) is 5.93. The fraction of sp³-hybridized carbons (Fsp3) is 0.680. The van der Waals surface area contributed by atoms with Gasteiger partial charge in [-0.05, 0) is 89.1 Å². The van der Waals surface area contributed by atoms with Crippen molar-refractivity contribution in [2.45, 2.75) is 57.4 Å². The number of Topliss-reactive ketones (excluding diaryl/α,β-unsaturated/α-hetero) is 1. The van der Waals surface area contributed by atoms with E-state index in [1.165, 1.54) is 6.07 Å². The second-order valence-electron chi connectivity index (χ2n) is 9.68. The molecule has 2 heterocycles. The highest BCUT2D eigenvalue weighted by Crippen LogP contribution is 2.29. The maximum Gasteiger partial charge on any atom is 0.225 e. The zero-order valence-electron chi connectivity index (χ0n) is 18.7. The van der Waals surface area contributed by atoms with Crippen molar-refractivity contribution in [3.63, 3.8) is 0 Å². The Kier molecular flexibility index (Phi) is 7.89. The van der Waals surface area contributed by atoms with Crippen molar-refractivity contribution in [2.24, 2.45) is 17.8 Å². The lowest BCUT2D eigenvalue weighted by Gasteiger charge is -2.34. The van der Waals surface area contributed by atoms with Crippen molar-refractivity contribution < 1.29 is 23.1 Å². The number of nitrogens with zero attached hydrogens (tertiary/aromatic N) is 1. The summed E-state index contributed by atoms with van der Waals surface area (Å²) in [5.74, 6) is -0.937. The van der Waals surface area contributed by atoms with Crippen LogP contribution in [0.15, 0.2) is 18.2 Å². The lowest BCUT2D eigenvalue weighted by molar-refractivity contribution is -0.126. The van der Waals surface area contributed by atoms with Gasteiger partial charge in [0.1, 0.15) is 11.6 Å². The van der Waals surface area contributed by atoms with Gasteiger partial charge in [-0.1, -0.05) is 0 Å². The molecule has 32 heavy (non-hydrogen) atoms. The number of rotatable bonds is 7. The molecule has 7 heteroatoms. The van der Waals surface area contributed by atoms with E-state index in [2.05, 4.69) is 10.2 Å². The summed E-state index contributed by atoms with van der Waals surface area (Å²) < 4.78 is 32.3. The lowest BCUT2D eigenvalue weighted by atomic mass is 9.83. The number of likely N-dealkylation sites (tertiary alicyclic amines) is 1. The van der Waals surface area contributed by atoms with Gasteiger partial charge in [0.2, 0.25) is 5.91 Å². The van der Waals surface area contributed by atoms with Crippen molar-refractivity contribution in [3.8, 4) is 0 Å². The molecule has 0 spiro atoms. The zero-order chi connectivity index (χ0) is 22.5. The molecule has 0 aromatic heterocycles.